The molecule has 0 radical (unpaired) electrons. The van der Waals surface area contributed by atoms with Crippen LogP contribution < -0.4 is 0 Å². The monoisotopic (exact) mass is 240 g/mol. The first-order valence-electron chi connectivity index (χ1n) is 5.62. The van der Waals surface area contributed by atoms with E-state index in [4.69, 9.17) is 21.1 Å². The normalized spacial score (nSPS) is 30.3. The van der Waals surface area contributed by atoms with E-state index in [9.17, 15) is 0 Å². The lowest BCUT2D eigenvalue weighted by molar-refractivity contribution is -0.230. The van der Waals surface area contributed by atoms with Crippen LogP contribution in [0.5, 0.6) is 0 Å². The summed E-state index contributed by atoms with van der Waals surface area (Å²) in [4.78, 5) is 0. The van der Waals surface area contributed by atoms with Gasteiger partial charge in [0, 0.05) is 16.0 Å². The summed E-state index contributed by atoms with van der Waals surface area (Å²) < 4.78 is 11.5. The summed E-state index contributed by atoms with van der Waals surface area (Å²) in [5.41, 5.74) is 1.19. The van der Waals surface area contributed by atoms with Crippen molar-refractivity contribution in [3.8, 4) is 0 Å². The molecule has 2 rings (SSSR count). The first-order chi connectivity index (χ1) is 7.63. The maximum absolute atomic E-state index is 5.84. The Kier molecular flexibility index (Phi) is 3.53. The minimum Gasteiger partial charge on any atom is -0.348 e. The van der Waals surface area contributed by atoms with E-state index in [2.05, 4.69) is 13.8 Å². The Morgan fingerprint density at radius 2 is 1.81 bits per heavy atom. The molecule has 88 valence electrons. The van der Waals surface area contributed by atoms with Gasteiger partial charge in [0.15, 0.2) is 6.29 Å². The summed E-state index contributed by atoms with van der Waals surface area (Å²) in [6, 6.07) is 7.61. The van der Waals surface area contributed by atoms with Crippen LogP contribution in [0, 0.1) is 5.41 Å². The molecule has 0 spiro atoms. The zero-order valence-corrected chi connectivity index (χ0v) is 10.5. The van der Waals surface area contributed by atoms with E-state index in [-0.39, 0.29) is 11.7 Å². The van der Waals surface area contributed by atoms with Crippen molar-refractivity contribution in [3.05, 3.63) is 34.9 Å². The van der Waals surface area contributed by atoms with Crippen LogP contribution in [0.4, 0.5) is 0 Å². The first-order valence-corrected chi connectivity index (χ1v) is 5.99. The molecule has 1 aromatic carbocycles. The van der Waals surface area contributed by atoms with Crippen LogP contribution in [0.1, 0.15) is 32.1 Å². The zero-order valence-electron chi connectivity index (χ0n) is 9.70. The number of rotatable bonds is 2. The summed E-state index contributed by atoms with van der Waals surface area (Å²) in [5.74, 6) is 0. The maximum atomic E-state index is 5.84. The van der Waals surface area contributed by atoms with Crippen LogP contribution in [0.3, 0.4) is 0 Å². The Balaban J connectivity index is 2.01. The van der Waals surface area contributed by atoms with Gasteiger partial charge in [-0.3, -0.25) is 0 Å². The summed E-state index contributed by atoms with van der Waals surface area (Å²) in [6.45, 7) is 5.84. The molecule has 1 fully saturated rings. The summed E-state index contributed by atoms with van der Waals surface area (Å²) in [7, 11) is 0. The number of halogens is 1. The highest BCUT2D eigenvalue weighted by Gasteiger charge is 2.31. The van der Waals surface area contributed by atoms with Gasteiger partial charge in [-0.15, -0.1) is 0 Å². The Morgan fingerprint density at radius 1 is 1.25 bits per heavy atom. The van der Waals surface area contributed by atoms with Crippen molar-refractivity contribution in [2.75, 3.05) is 13.2 Å². The molecule has 16 heavy (non-hydrogen) atoms. The average Bonchev–Trinajstić information content (AvgIpc) is 2.32. The molecule has 2 nitrogen and oxygen atoms in total. The topological polar surface area (TPSA) is 18.5 Å². The van der Waals surface area contributed by atoms with E-state index in [0.717, 1.165) is 30.2 Å². The van der Waals surface area contributed by atoms with Gasteiger partial charge in [0.25, 0.3) is 0 Å². The average molecular weight is 241 g/mol. The fourth-order valence-corrected chi connectivity index (χ4v) is 1.79. The van der Waals surface area contributed by atoms with Crippen molar-refractivity contribution in [3.63, 3.8) is 0 Å². The van der Waals surface area contributed by atoms with Gasteiger partial charge in [0.05, 0.1) is 13.2 Å². The molecule has 0 amide bonds. The third kappa shape index (κ3) is 2.57. The highest BCUT2D eigenvalue weighted by atomic mass is 35.5. The van der Waals surface area contributed by atoms with Gasteiger partial charge < -0.3 is 9.47 Å². The molecule has 1 heterocycles. The van der Waals surface area contributed by atoms with Crippen molar-refractivity contribution in [1.82, 2.24) is 0 Å². The van der Waals surface area contributed by atoms with Gasteiger partial charge in [-0.1, -0.05) is 37.6 Å². The summed E-state index contributed by atoms with van der Waals surface area (Å²) in [6.07, 6.45) is 0.831. The third-order valence-corrected chi connectivity index (χ3v) is 3.41. The number of ether oxygens (including phenoxy) is 2. The second-order valence-electron chi connectivity index (χ2n) is 4.67. The molecule has 1 saturated heterocycles. The molecular formula is C13H17ClO2. The van der Waals surface area contributed by atoms with Crippen molar-refractivity contribution in [2.45, 2.75) is 26.6 Å². The second kappa shape index (κ2) is 4.74. The minimum absolute atomic E-state index is 0.156. The standard InChI is InChI=1S/C13H17ClO2/c1-3-13(2)8-15-12(16-9-13)10-4-6-11(14)7-5-10/h4-7,12H,3,8-9H2,1-2H3. The number of benzene rings is 1. The molecule has 0 saturated carbocycles. The van der Waals surface area contributed by atoms with Crippen LogP contribution in [-0.4, -0.2) is 13.2 Å². The third-order valence-electron chi connectivity index (χ3n) is 3.16. The predicted octanol–water partition coefficient (Wildman–Crippen LogP) is 3.80. The SMILES string of the molecule is CCC1(C)COC(c2ccc(Cl)cc2)OC1. The fourth-order valence-electron chi connectivity index (χ4n) is 1.66. The molecule has 1 aliphatic heterocycles. The maximum Gasteiger partial charge on any atom is 0.183 e. The summed E-state index contributed by atoms with van der Waals surface area (Å²) >= 11 is 5.84. The van der Waals surface area contributed by atoms with Crippen LogP contribution in [0.2, 0.25) is 5.02 Å². The van der Waals surface area contributed by atoms with Gasteiger partial charge in [0.2, 0.25) is 0 Å². The van der Waals surface area contributed by atoms with Crippen LogP contribution >= 0.6 is 11.6 Å². The Morgan fingerprint density at radius 3 is 2.31 bits per heavy atom. The highest BCUT2D eigenvalue weighted by Crippen LogP contribution is 2.33. The Labute approximate surface area is 102 Å². The lowest BCUT2D eigenvalue weighted by Crippen LogP contribution is -2.35. The highest BCUT2D eigenvalue weighted by molar-refractivity contribution is 6.30. The molecule has 0 aliphatic carbocycles. The minimum atomic E-state index is -0.239. The molecule has 3 heteroatoms. The van der Waals surface area contributed by atoms with Crippen molar-refractivity contribution < 1.29 is 9.47 Å². The van der Waals surface area contributed by atoms with Gasteiger partial charge in [-0.05, 0) is 18.6 Å². The van der Waals surface area contributed by atoms with Crippen molar-refractivity contribution in [2.24, 2.45) is 5.41 Å². The van der Waals surface area contributed by atoms with Gasteiger partial charge in [-0.2, -0.15) is 0 Å². The molecule has 0 bridgehead atoms. The quantitative estimate of drug-likeness (QED) is 0.783. The smallest absolute Gasteiger partial charge is 0.183 e. The first kappa shape index (κ1) is 11.9. The van der Waals surface area contributed by atoms with Crippen LogP contribution in [0.25, 0.3) is 0 Å². The second-order valence-corrected chi connectivity index (χ2v) is 5.11. The molecular weight excluding hydrogens is 224 g/mol. The van der Waals surface area contributed by atoms with Crippen molar-refractivity contribution in [1.29, 1.82) is 0 Å². The Bertz CT molecular complexity index is 339. The van der Waals surface area contributed by atoms with E-state index >= 15 is 0 Å². The lowest BCUT2D eigenvalue weighted by Gasteiger charge is -2.36. The van der Waals surface area contributed by atoms with Gasteiger partial charge in [0.1, 0.15) is 0 Å². The van der Waals surface area contributed by atoms with Crippen LogP contribution in [0.15, 0.2) is 24.3 Å². The molecule has 0 unspecified atom stereocenters. The Hall–Kier alpha value is -0.570. The van der Waals surface area contributed by atoms with E-state index in [1.165, 1.54) is 0 Å². The number of hydrogen-bond donors (Lipinski definition) is 0. The lowest BCUT2D eigenvalue weighted by atomic mass is 9.89. The molecule has 1 aliphatic rings. The van der Waals surface area contributed by atoms with Crippen molar-refractivity contribution >= 4 is 11.6 Å². The molecule has 0 N–H and O–H groups in total. The van der Waals surface area contributed by atoms with E-state index in [1.807, 2.05) is 24.3 Å². The van der Waals surface area contributed by atoms with Gasteiger partial charge >= 0.3 is 0 Å². The predicted molar refractivity (Wildman–Crippen MR) is 64.5 cm³/mol. The molecule has 0 aromatic heterocycles. The fraction of sp³-hybridized carbons (Fsp3) is 0.538. The summed E-state index contributed by atoms with van der Waals surface area (Å²) in [5, 5.41) is 0.734. The molecule has 1 aromatic rings. The van der Waals surface area contributed by atoms with Crippen LogP contribution in [-0.2, 0) is 9.47 Å². The molecule has 0 atom stereocenters. The zero-order chi connectivity index (χ0) is 11.6. The van der Waals surface area contributed by atoms with E-state index in [1.54, 1.807) is 0 Å². The largest absolute Gasteiger partial charge is 0.348 e. The van der Waals surface area contributed by atoms with E-state index < -0.39 is 0 Å². The van der Waals surface area contributed by atoms with Gasteiger partial charge in [-0.25, -0.2) is 0 Å². The van der Waals surface area contributed by atoms with E-state index in [0.29, 0.717) is 0 Å². The number of hydrogen-bond acceptors (Lipinski definition) is 2.